The summed E-state index contributed by atoms with van der Waals surface area (Å²) >= 11 is 0. The second kappa shape index (κ2) is 7.07. The van der Waals surface area contributed by atoms with Gasteiger partial charge >= 0.3 is 6.36 Å². The highest BCUT2D eigenvalue weighted by atomic mass is 32.2. The van der Waals surface area contributed by atoms with E-state index in [0.29, 0.717) is 4.31 Å². The van der Waals surface area contributed by atoms with Crippen molar-refractivity contribution in [2.75, 3.05) is 26.3 Å². The molecule has 0 bridgehead atoms. The molecule has 1 rings (SSSR count). The van der Waals surface area contributed by atoms with Crippen molar-refractivity contribution in [2.45, 2.75) is 11.3 Å². The van der Waals surface area contributed by atoms with Gasteiger partial charge in [-0.2, -0.15) is 4.31 Å². The van der Waals surface area contributed by atoms with Crippen molar-refractivity contribution in [3.05, 3.63) is 24.3 Å². The van der Waals surface area contributed by atoms with Gasteiger partial charge in [0.15, 0.2) is 0 Å². The van der Waals surface area contributed by atoms with Gasteiger partial charge in [0, 0.05) is 13.1 Å². The SMILES string of the molecule is O=S(=O)(c1ccccc1OC(F)(F)F)N(CCO)CCO. The van der Waals surface area contributed by atoms with Gasteiger partial charge in [-0.25, -0.2) is 8.42 Å². The smallest absolute Gasteiger partial charge is 0.404 e. The van der Waals surface area contributed by atoms with Crippen LogP contribution in [0.5, 0.6) is 5.75 Å². The van der Waals surface area contributed by atoms with Gasteiger partial charge in [0.05, 0.1) is 13.2 Å². The van der Waals surface area contributed by atoms with E-state index in [1.807, 2.05) is 0 Å². The Morgan fingerprint density at radius 1 is 1.10 bits per heavy atom. The van der Waals surface area contributed by atoms with Gasteiger partial charge in [0.25, 0.3) is 0 Å². The molecule has 2 N–H and O–H groups in total. The van der Waals surface area contributed by atoms with E-state index in [1.165, 1.54) is 12.1 Å². The third-order valence-corrected chi connectivity index (χ3v) is 4.33. The van der Waals surface area contributed by atoms with Crippen molar-refractivity contribution < 1.29 is 36.5 Å². The number of benzene rings is 1. The first-order valence-corrected chi connectivity index (χ1v) is 7.23. The normalized spacial score (nSPS) is 12.7. The Labute approximate surface area is 119 Å². The molecule has 0 saturated heterocycles. The van der Waals surface area contributed by atoms with Gasteiger partial charge in [0.2, 0.25) is 10.0 Å². The maximum atomic E-state index is 12.3. The van der Waals surface area contributed by atoms with E-state index in [0.717, 1.165) is 12.1 Å². The van der Waals surface area contributed by atoms with E-state index >= 15 is 0 Å². The first kappa shape index (κ1) is 17.7. The van der Waals surface area contributed by atoms with E-state index in [1.54, 1.807) is 0 Å². The molecule has 0 aliphatic rings. The Hall–Kier alpha value is -1.36. The van der Waals surface area contributed by atoms with E-state index < -0.39 is 40.2 Å². The zero-order valence-corrected chi connectivity index (χ0v) is 11.6. The van der Waals surface area contributed by atoms with Crippen LogP contribution in [0.3, 0.4) is 0 Å². The van der Waals surface area contributed by atoms with Gasteiger partial charge in [0.1, 0.15) is 10.6 Å². The van der Waals surface area contributed by atoms with Crippen LogP contribution in [-0.4, -0.2) is 55.6 Å². The Morgan fingerprint density at radius 3 is 2.10 bits per heavy atom. The molecule has 6 nitrogen and oxygen atoms in total. The minimum Gasteiger partial charge on any atom is -0.404 e. The van der Waals surface area contributed by atoms with Crippen LogP contribution in [-0.2, 0) is 10.0 Å². The van der Waals surface area contributed by atoms with Crippen LogP contribution in [0.15, 0.2) is 29.2 Å². The van der Waals surface area contributed by atoms with Crippen molar-refractivity contribution in [1.82, 2.24) is 4.31 Å². The third kappa shape index (κ3) is 4.84. The van der Waals surface area contributed by atoms with Crippen molar-refractivity contribution in [1.29, 1.82) is 0 Å². The lowest BCUT2D eigenvalue weighted by molar-refractivity contribution is -0.275. The molecule has 0 aromatic heterocycles. The summed E-state index contributed by atoms with van der Waals surface area (Å²) in [4.78, 5) is -0.691. The molecule has 0 aliphatic heterocycles. The second-order valence-electron chi connectivity index (χ2n) is 3.85. The number of aliphatic hydroxyl groups excluding tert-OH is 2. The van der Waals surface area contributed by atoms with Crippen molar-refractivity contribution in [3.8, 4) is 5.75 Å². The summed E-state index contributed by atoms with van der Waals surface area (Å²) in [7, 11) is -4.34. The van der Waals surface area contributed by atoms with Crippen LogP contribution >= 0.6 is 0 Å². The quantitative estimate of drug-likeness (QED) is 0.763. The van der Waals surface area contributed by atoms with Crippen LogP contribution in [0.1, 0.15) is 0 Å². The zero-order chi connectivity index (χ0) is 16.1. The first-order chi connectivity index (χ1) is 9.72. The lowest BCUT2D eigenvalue weighted by Crippen LogP contribution is -2.36. The van der Waals surface area contributed by atoms with E-state index in [4.69, 9.17) is 10.2 Å². The molecule has 0 amide bonds. The summed E-state index contributed by atoms with van der Waals surface area (Å²) in [6.07, 6.45) is -5.04. The molecule has 1 aromatic carbocycles. The largest absolute Gasteiger partial charge is 0.573 e. The number of hydrogen-bond donors (Lipinski definition) is 2. The van der Waals surface area contributed by atoms with Crippen LogP contribution in [0.2, 0.25) is 0 Å². The number of rotatable bonds is 7. The van der Waals surface area contributed by atoms with Crippen molar-refractivity contribution in [2.24, 2.45) is 0 Å². The van der Waals surface area contributed by atoms with Gasteiger partial charge in [-0.05, 0) is 12.1 Å². The molecule has 0 aliphatic carbocycles. The summed E-state index contributed by atoms with van der Waals surface area (Å²) in [6.45, 7) is -1.80. The summed E-state index contributed by atoms with van der Waals surface area (Å²) < 4.78 is 65.8. The average molecular weight is 329 g/mol. The zero-order valence-electron chi connectivity index (χ0n) is 10.7. The molecule has 0 fully saturated rings. The third-order valence-electron chi connectivity index (χ3n) is 2.39. The Bertz CT molecular complexity index is 555. The van der Waals surface area contributed by atoms with Gasteiger partial charge in [-0.1, -0.05) is 12.1 Å². The number of sulfonamides is 1. The lowest BCUT2D eigenvalue weighted by Gasteiger charge is -2.22. The molecule has 0 saturated carbocycles. The fourth-order valence-corrected chi connectivity index (χ4v) is 3.12. The molecule has 0 heterocycles. The molecule has 10 heteroatoms. The summed E-state index contributed by atoms with van der Waals surface area (Å²) in [5.74, 6) is -0.870. The summed E-state index contributed by atoms with van der Waals surface area (Å²) in [6, 6.07) is 4.27. The molecule has 0 spiro atoms. The number of ether oxygens (including phenoxy) is 1. The second-order valence-corrected chi connectivity index (χ2v) is 5.75. The molecule has 120 valence electrons. The van der Waals surface area contributed by atoms with Crippen molar-refractivity contribution >= 4 is 10.0 Å². The Kier molecular flexibility index (Phi) is 5.96. The number of nitrogens with zero attached hydrogens (tertiary/aromatic N) is 1. The Morgan fingerprint density at radius 2 is 1.62 bits per heavy atom. The lowest BCUT2D eigenvalue weighted by atomic mass is 10.3. The highest BCUT2D eigenvalue weighted by molar-refractivity contribution is 7.89. The average Bonchev–Trinajstić information content (AvgIpc) is 2.37. The molecule has 1 aromatic rings. The predicted molar refractivity (Wildman–Crippen MR) is 66.1 cm³/mol. The van der Waals surface area contributed by atoms with E-state index in [-0.39, 0.29) is 13.1 Å². The number of para-hydroxylation sites is 1. The summed E-state index contributed by atoms with van der Waals surface area (Å²) in [5, 5.41) is 17.7. The molecule has 0 unspecified atom stereocenters. The molecule has 0 atom stereocenters. The summed E-state index contributed by atoms with van der Waals surface area (Å²) in [5.41, 5.74) is 0. The van der Waals surface area contributed by atoms with Gasteiger partial charge in [-0.15, -0.1) is 13.2 Å². The van der Waals surface area contributed by atoms with Crippen LogP contribution in [0.4, 0.5) is 13.2 Å². The molecular formula is C11H14F3NO5S. The van der Waals surface area contributed by atoms with Crippen LogP contribution in [0, 0.1) is 0 Å². The van der Waals surface area contributed by atoms with Gasteiger partial charge in [-0.3, -0.25) is 0 Å². The highest BCUT2D eigenvalue weighted by Gasteiger charge is 2.35. The predicted octanol–water partition coefficient (Wildman–Crippen LogP) is 0.560. The van der Waals surface area contributed by atoms with Crippen LogP contribution < -0.4 is 4.74 Å². The monoisotopic (exact) mass is 329 g/mol. The maximum absolute atomic E-state index is 12.3. The van der Waals surface area contributed by atoms with Gasteiger partial charge < -0.3 is 14.9 Å². The molecular weight excluding hydrogens is 315 g/mol. The fourth-order valence-electron chi connectivity index (χ4n) is 1.59. The number of alkyl halides is 3. The minimum absolute atomic E-state index is 0.358. The van der Waals surface area contributed by atoms with E-state index in [2.05, 4.69) is 4.74 Å². The Balaban J connectivity index is 3.24. The standard InChI is InChI=1S/C11H14F3NO5S/c12-11(13,14)20-9-3-1-2-4-10(9)21(18,19)15(5-7-16)6-8-17/h1-4,16-17H,5-8H2. The van der Waals surface area contributed by atoms with Crippen LogP contribution in [0.25, 0.3) is 0 Å². The molecule has 21 heavy (non-hydrogen) atoms. The minimum atomic E-state index is -5.04. The fraction of sp³-hybridized carbons (Fsp3) is 0.455. The van der Waals surface area contributed by atoms with Crippen molar-refractivity contribution in [3.63, 3.8) is 0 Å². The number of aliphatic hydroxyl groups is 2. The maximum Gasteiger partial charge on any atom is 0.573 e. The molecule has 0 radical (unpaired) electrons. The number of halogens is 3. The topological polar surface area (TPSA) is 87.1 Å². The number of hydrogen-bond acceptors (Lipinski definition) is 5. The first-order valence-electron chi connectivity index (χ1n) is 5.79. The van der Waals surface area contributed by atoms with E-state index in [9.17, 15) is 21.6 Å². The highest BCUT2D eigenvalue weighted by Crippen LogP contribution is 2.31.